The van der Waals surface area contributed by atoms with Crippen molar-refractivity contribution in [1.82, 2.24) is 4.90 Å². The lowest BCUT2D eigenvalue weighted by Crippen LogP contribution is -2.56. The van der Waals surface area contributed by atoms with Gasteiger partial charge in [0.15, 0.2) is 0 Å². The van der Waals surface area contributed by atoms with Gasteiger partial charge < -0.3 is 9.64 Å². The average molecular weight is 304 g/mol. The van der Waals surface area contributed by atoms with Crippen LogP contribution in [0, 0.1) is 11.8 Å². The second kappa shape index (κ2) is 7.65. The Balaban J connectivity index is 0.00000200. The summed E-state index contributed by atoms with van der Waals surface area (Å²) in [5, 5.41) is 0. The maximum Gasteiger partial charge on any atom is 0.306 e. The number of halogens is 1. The van der Waals surface area contributed by atoms with Gasteiger partial charge in [-0.05, 0) is 25.8 Å². The van der Waals surface area contributed by atoms with E-state index in [1.807, 2.05) is 6.92 Å². The Morgan fingerprint density at radius 2 is 1.95 bits per heavy atom. The van der Waals surface area contributed by atoms with E-state index < -0.39 is 0 Å². The molecule has 0 amide bonds. The molecule has 2 atom stereocenters. The zero-order chi connectivity index (χ0) is 13.9. The molecule has 1 aliphatic carbocycles. The zero-order valence-electron chi connectivity index (χ0n) is 13.2. The smallest absolute Gasteiger partial charge is 0.306 e. The van der Waals surface area contributed by atoms with E-state index in [1.54, 1.807) is 0 Å². The fraction of sp³-hybridized carbons (Fsp3) is 0.938. The van der Waals surface area contributed by atoms with Crippen LogP contribution in [-0.2, 0) is 9.53 Å². The van der Waals surface area contributed by atoms with Gasteiger partial charge in [0.1, 0.15) is 5.60 Å². The van der Waals surface area contributed by atoms with Gasteiger partial charge in [-0.1, -0.05) is 33.1 Å². The van der Waals surface area contributed by atoms with Crippen molar-refractivity contribution >= 4 is 18.4 Å². The normalized spacial score (nSPS) is 32.5. The van der Waals surface area contributed by atoms with E-state index in [-0.39, 0.29) is 24.0 Å². The molecule has 0 bridgehead atoms. The summed E-state index contributed by atoms with van der Waals surface area (Å²) in [5.41, 5.74) is -0.181. The van der Waals surface area contributed by atoms with Gasteiger partial charge in [-0.25, -0.2) is 0 Å². The van der Waals surface area contributed by atoms with E-state index in [2.05, 4.69) is 18.9 Å². The van der Waals surface area contributed by atoms with Crippen molar-refractivity contribution in [3.63, 3.8) is 0 Å². The average Bonchev–Trinajstić information content (AvgIpc) is 2.43. The van der Waals surface area contributed by atoms with Gasteiger partial charge in [-0.2, -0.15) is 0 Å². The van der Waals surface area contributed by atoms with Crippen molar-refractivity contribution in [3.05, 3.63) is 0 Å². The Morgan fingerprint density at radius 3 is 2.50 bits per heavy atom. The molecule has 1 heterocycles. The Bertz CT molecular complexity index is 318. The van der Waals surface area contributed by atoms with Crippen LogP contribution >= 0.6 is 12.4 Å². The molecule has 2 aliphatic rings. The second-order valence-electron chi connectivity index (χ2n) is 6.53. The minimum atomic E-state index is -0.181. The lowest BCUT2D eigenvalue weighted by molar-refractivity contribution is -0.186. The largest absolute Gasteiger partial charge is 0.458 e. The summed E-state index contributed by atoms with van der Waals surface area (Å²) in [7, 11) is 2.17. The summed E-state index contributed by atoms with van der Waals surface area (Å²) in [6, 6.07) is 0. The van der Waals surface area contributed by atoms with Crippen LogP contribution in [0.5, 0.6) is 0 Å². The highest BCUT2D eigenvalue weighted by molar-refractivity contribution is 5.85. The van der Waals surface area contributed by atoms with Crippen LogP contribution in [0.2, 0.25) is 0 Å². The number of carbonyl (C=O) groups is 1. The summed E-state index contributed by atoms with van der Waals surface area (Å²) < 4.78 is 6.06. The Kier molecular flexibility index (Phi) is 6.80. The first kappa shape index (κ1) is 17.8. The molecular formula is C16H30ClNO2. The zero-order valence-corrected chi connectivity index (χ0v) is 14.0. The molecule has 0 aromatic rings. The van der Waals surface area contributed by atoms with Crippen LogP contribution in [0.15, 0.2) is 0 Å². The van der Waals surface area contributed by atoms with E-state index in [9.17, 15) is 4.79 Å². The molecule has 118 valence electrons. The summed E-state index contributed by atoms with van der Waals surface area (Å²) in [6.45, 7) is 6.27. The van der Waals surface area contributed by atoms with E-state index in [0.717, 1.165) is 19.5 Å². The highest BCUT2D eigenvalue weighted by Crippen LogP contribution is 2.44. The molecule has 0 aromatic carbocycles. The van der Waals surface area contributed by atoms with Crippen molar-refractivity contribution < 1.29 is 9.53 Å². The third kappa shape index (κ3) is 3.67. The van der Waals surface area contributed by atoms with Crippen molar-refractivity contribution in [2.24, 2.45) is 11.8 Å². The third-order valence-corrected chi connectivity index (χ3v) is 5.19. The quantitative estimate of drug-likeness (QED) is 0.745. The lowest BCUT2D eigenvalue weighted by atomic mass is 9.67. The molecule has 0 N–H and O–H groups in total. The van der Waals surface area contributed by atoms with Gasteiger partial charge in [0.05, 0.1) is 0 Å². The number of hydrogen-bond acceptors (Lipinski definition) is 3. The SMILES string of the molecule is CCC(=O)OC1(C2CCCCC2)CCN(C)CC1C.Cl. The van der Waals surface area contributed by atoms with Gasteiger partial charge >= 0.3 is 5.97 Å². The van der Waals surface area contributed by atoms with E-state index in [4.69, 9.17) is 4.74 Å². The fourth-order valence-corrected chi connectivity index (χ4v) is 4.04. The maximum absolute atomic E-state index is 11.9. The van der Waals surface area contributed by atoms with Gasteiger partial charge in [0.25, 0.3) is 0 Å². The standard InChI is InChI=1S/C16H29NO2.ClH/c1-4-15(18)19-16(14-8-6-5-7-9-14)10-11-17(3)12-13(16)2;/h13-14H,4-12H2,1-3H3;1H. The molecule has 20 heavy (non-hydrogen) atoms. The number of nitrogens with zero attached hydrogens (tertiary/aromatic N) is 1. The van der Waals surface area contributed by atoms with E-state index in [1.165, 1.54) is 32.1 Å². The predicted molar refractivity (Wildman–Crippen MR) is 84.2 cm³/mol. The molecule has 0 radical (unpaired) electrons. The van der Waals surface area contributed by atoms with Gasteiger partial charge in [0.2, 0.25) is 0 Å². The summed E-state index contributed by atoms with van der Waals surface area (Å²) in [4.78, 5) is 14.3. The summed E-state index contributed by atoms with van der Waals surface area (Å²) >= 11 is 0. The highest BCUT2D eigenvalue weighted by atomic mass is 35.5. The van der Waals surface area contributed by atoms with Crippen LogP contribution in [0.4, 0.5) is 0 Å². The van der Waals surface area contributed by atoms with Crippen LogP contribution in [0.3, 0.4) is 0 Å². The maximum atomic E-state index is 11.9. The first-order valence-electron chi connectivity index (χ1n) is 7.99. The van der Waals surface area contributed by atoms with Crippen LogP contribution in [-0.4, -0.2) is 36.6 Å². The molecule has 2 fully saturated rings. The molecule has 0 aromatic heterocycles. The number of piperidine rings is 1. The molecule has 1 aliphatic heterocycles. The van der Waals surface area contributed by atoms with Crippen LogP contribution in [0.1, 0.15) is 58.8 Å². The monoisotopic (exact) mass is 303 g/mol. The Hall–Kier alpha value is -0.280. The predicted octanol–water partition coefficient (Wildman–Crippen LogP) is 3.65. The number of carbonyl (C=O) groups excluding carboxylic acids is 1. The number of ether oxygens (including phenoxy) is 1. The molecule has 4 heteroatoms. The molecule has 3 nitrogen and oxygen atoms in total. The van der Waals surface area contributed by atoms with Gasteiger partial charge in [-0.15, -0.1) is 12.4 Å². The Labute approximate surface area is 129 Å². The number of rotatable bonds is 3. The molecule has 1 saturated heterocycles. The van der Waals surface area contributed by atoms with Crippen molar-refractivity contribution in [2.45, 2.75) is 64.4 Å². The van der Waals surface area contributed by atoms with E-state index >= 15 is 0 Å². The number of esters is 1. The highest BCUT2D eigenvalue weighted by Gasteiger charge is 2.48. The van der Waals surface area contributed by atoms with Crippen molar-refractivity contribution in [1.29, 1.82) is 0 Å². The number of likely N-dealkylation sites (tertiary alicyclic amines) is 1. The van der Waals surface area contributed by atoms with Gasteiger partial charge in [-0.3, -0.25) is 4.79 Å². The minimum absolute atomic E-state index is 0. The van der Waals surface area contributed by atoms with E-state index in [0.29, 0.717) is 18.3 Å². The van der Waals surface area contributed by atoms with Crippen LogP contribution < -0.4 is 0 Å². The van der Waals surface area contributed by atoms with Crippen molar-refractivity contribution in [3.8, 4) is 0 Å². The van der Waals surface area contributed by atoms with Gasteiger partial charge in [0, 0.05) is 31.8 Å². The van der Waals surface area contributed by atoms with Crippen molar-refractivity contribution in [2.75, 3.05) is 20.1 Å². The molecular weight excluding hydrogens is 274 g/mol. The summed E-state index contributed by atoms with van der Waals surface area (Å²) in [5.74, 6) is 1.02. The van der Waals surface area contributed by atoms with Crippen LogP contribution in [0.25, 0.3) is 0 Å². The molecule has 2 rings (SSSR count). The first-order chi connectivity index (χ1) is 9.08. The second-order valence-corrected chi connectivity index (χ2v) is 6.53. The molecule has 0 spiro atoms. The lowest BCUT2D eigenvalue weighted by Gasteiger charge is -2.50. The third-order valence-electron chi connectivity index (χ3n) is 5.19. The molecule has 2 unspecified atom stereocenters. The molecule has 1 saturated carbocycles. The fourth-order valence-electron chi connectivity index (χ4n) is 4.04. The Morgan fingerprint density at radius 1 is 1.30 bits per heavy atom. The topological polar surface area (TPSA) is 29.5 Å². The minimum Gasteiger partial charge on any atom is -0.458 e. The number of hydrogen-bond donors (Lipinski definition) is 0. The first-order valence-corrected chi connectivity index (χ1v) is 7.99. The summed E-state index contributed by atoms with van der Waals surface area (Å²) in [6.07, 6.45) is 7.95.